The summed E-state index contributed by atoms with van der Waals surface area (Å²) in [6.45, 7) is 7.67. The van der Waals surface area contributed by atoms with Crippen LogP contribution in [-0.4, -0.2) is 12.1 Å². The molecule has 0 bridgehead atoms. The van der Waals surface area contributed by atoms with Gasteiger partial charge in [-0.25, -0.2) is 0 Å². The largest absolute Gasteiger partial charge is 0.485 e. The standard InChI is InChI=1S/C14H20ClNO/c1-4-10(3)17-14-7-6-11(9-13(14)15)8-12(16)5-2/h4,6-7,9-10,12H,1,5,8,16H2,2-3H3. The molecule has 1 aromatic rings. The van der Waals surface area contributed by atoms with Crippen molar-refractivity contribution in [3.05, 3.63) is 41.4 Å². The molecule has 0 aliphatic heterocycles. The second kappa shape index (κ2) is 6.67. The normalized spacial score (nSPS) is 14.1. The van der Waals surface area contributed by atoms with Crippen LogP contribution < -0.4 is 10.5 Å². The summed E-state index contributed by atoms with van der Waals surface area (Å²) in [4.78, 5) is 0. The molecule has 2 atom stereocenters. The average Bonchev–Trinajstić information content (AvgIpc) is 2.32. The van der Waals surface area contributed by atoms with Crippen molar-refractivity contribution in [3.8, 4) is 5.75 Å². The third kappa shape index (κ3) is 4.41. The van der Waals surface area contributed by atoms with E-state index < -0.39 is 0 Å². The second-order valence-electron chi connectivity index (χ2n) is 4.20. The zero-order valence-corrected chi connectivity index (χ0v) is 11.2. The summed E-state index contributed by atoms with van der Waals surface area (Å²) in [5.41, 5.74) is 7.05. The number of hydrogen-bond acceptors (Lipinski definition) is 2. The molecule has 0 radical (unpaired) electrons. The third-order valence-corrected chi connectivity index (χ3v) is 2.96. The maximum Gasteiger partial charge on any atom is 0.138 e. The van der Waals surface area contributed by atoms with E-state index in [-0.39, 0.29) is 12.1 Å². The lowest BCUT2D eigenvalue weighted by atomic mass is 10.0. The van der Waals surface area contributed by atoms with E-state index in [1.165, 1.54) is 0 Å². The van der Waals surface area contributed by atoms with Crippen molar-refractivity contribution < 1.29 is 4.74 Å². The maximum absolute atomic E-state index is 6.16. The van der Waals surface area contributed by atoms with E-state index in [9.17, 15) is 0 Å². The zero-order valence-electron chi connectivity index (χ0n) is 10.4. The molecule has 94 valence electrons. The Bertz CT molecular complexity index is 378. The fourth-order valence-electron chi connectivity index (χ4n) is 1.46. The predicted octanol–water partition coefficient (Wildman–Crippen LogP) is 3.57. The van der Waals surface area contributed by atoms with Crippen LogP contribution in [0, 0.1) is 0 Å². The number of halogens is 1. The number of benzene rings is 1. The van der Waals surface area contributed by atoms with Crippen molar-refractivity contribution >= 4 is 11.6 Å². The van der Waals surface area contributed by atoms with E-state index in [2.05, 4.69) is 13.5 Å². The molecule has 2 N–H and O–H groups in total. The summed E-state index contributed by atoms with van der Waals surface area (Å²) in [5, 5.41) is 0.625. The van der Waals surface area contributed by atoms with E-state index in [0.717, 1.165) is 18.4 Å². The zero-order chi connectivity index (χ0) is 12.8. The molecule has 0 aliphatic rings. The van der Waals surface area contributed by atoms with Crippen LogP contribution in [0.1, 0.15) is 25.8 Å². The van der Waals surface area contributed by atoms with E-state index in [0.29, 0.717) is 10.8 Å². The molecule has 3 heteroatoms. The van der Waals surface area contributed by atoms with E-state index >= 15 is 0 Å². The molecule has 0 saturated heterocycles. The first-order valence-electron chi connectivity index (χ1n) is 5.90. The minimum Gasteiger partial charge on any atom is -0.485 e. The Kier molecular flexibility index (Phi) is 5.52. The smallest absolute Gasteiger partial charge is 0.138 e. The Morgan fingerprint density at radius 3 is 2.76 bits per heavy atom. The number of hydrogen-bond donors (Lipinski definition) is 1. The first-order chi connectivity index (χ1) is 8.06. The summed E-state index contributed by atoms with van der Waals surface area (Å²) in [7, 11) is 0. The highest BCUT2D eigenvalue weighted by atomic mass is 35.5. The number of rotatable bonds is 6. The van der Waals surface area contributed by atoms with Gasteiger partial charge in [-0.05, 0) is 37.5 Å². The first kappa shape index (κ1) is 14.1. The van der Waals surface area contributed by atoms with Crippen LogP contribution in [0.2, 0.25) is 5.02 Å². The van der Waals surface area contributed by atoms with Gasteiger partial charge in [0.1, 0.15) is 11.9 Å². The van der Waals surface area contributed by atoms with Crippen molar-refractivity contribution in [3.63, 3.8) is 0 Å². The fraction of sp³-hybridized carbons (Fsp3) is 0.429. The van der Waals surface area contributed by atoms with Crippen molar-refractivity contribution in [1.29, 1.82) is 0 Å². The van der Waals surface area contributed by atoms with E-state index in [1.807, 2.05) is 25.1 Å². The first-order valence-corrected chi connectivity index (χ1v) is 6.27. The molecule has 0 amide bonds. The Morgan fingerprint density at radius 2 is 2.24 bits per heavy atom. The second-order valence-corrected chi connectivity index (χ2v) is 4.60. The Balaban J connectivity index is 2.75. The Hall–Kier alpha value is -0.990. The van der Waals surface area contributed by atoms with Gasteiger partial charge < -0.3 is 10.5 Å². The van der Waals surface area contributed by atoms with Gasteiger partial charge in [0.05, 0.1) is 5.02 Å². The molecule has 2 nitrogen and oxygen atoms in total. The van der Waals surface area contributed by atoms with Gasteiger partial charge in [0.2, 0.25) is 0 Å². The van der Waals surface area contributed by atoms with Crippen molar-refractivity contribution in [2.45, 2.75) is 38.8 Å². The van der Waals surface area contributed by atoms with Gasteiger partial charge in [-0.2, -0.15) is 0 Å². The van der Waals surface area contributed by atoms with Crippen LogP contribution in [0.5, 0.6) is 5.75 Å². The molecule has 1 rings (SSSR count). The molecule has 0 aliphatic carbocycles. The van der Waals surface area contributed by atoms with Crippen LogP contribution in [-0.2, 0) is 6.42 Å². The summed E-state index contributed by atoms with van der Waals surface area (Å²) >= 11 is 6.16. The summed E-state index contributed by atoms with van der Waals surface area (Å²) in [5.74, 6) is 0.688. The van der Waals surface area contributed by atoms with Crippen LogP contribution in [0.15, 0.2) is 30.9 Å². The monoisotopic (exact) mass is 253 g/mol. The highest BCUT2D eigenvalue weighted by Gasteiger charge is 2.07. The van der Waals surface area contributed by atoms with Crippen LogP contribution >= 0.6 is 11.6 Å². The van der Waals surface area contributed by atoms with E-state index in [1.54, 1.807) is 6.08 Å². The quantitative estimate of drug-likeness (QED) is 0.787. The molecule has 0 spiro atoms. The lowest BCUT2D eigenvalue weighted by Gasteiger charge is -2.14. The molecule has 0 fully saturated rings. The molecule has 0 saturated carbocycles. The Labute approximate surface area is 108 Å². The van der Waals surface area contributed by atoms with Crippen LogP contribution in [0.25, 0.3) is 0 Å². The van der Waals surface area contributed by atoms with Crippen LogP contribution in [0.4, 0.5) is 0 Å². The molecule has 17 heavy (non-hydrogen) atoms. The van der Waals surface area contributed by atoms with Gasteiger partial charge in [-0.3, -0.25) is 0 Å². The summed E-state index contributed by atoms with van der Waals surface area (Å²) < 4.78 is 5.60. The summed E-state index contributed by atoms with van der Waals surface area (Å²) in [6.07, 6.45) is 3.49. The maximum atomic E-state index is 6.16. The molecule has 2 unspecified atom stereocenters. The minimum absolute atomic E-state index is 0.0451. The highest BCUT2D eigenvalue weighted by molar-refractivity contribution is 6.32. The van der Waals surface area contributed by atoms with Crippen molar-refractivity contribution in [2.75, 3.05) is 0 Å². The van der Waals surface area contributed by atoms with Gasteiger partial charge in [-0.1, -0.05) is 37.2 Å². The summed E-state index contributed by atoms with van der Waals surface area (Å²) in [6, 6.07) is 6.00. The van der Waals surface area contributed by atoms with Crippen molar-refractivity contribution in [1.82, 2.24) is 0 Å². The van der Waals surface area contributed by atoms with Gasteiger partial charge in [-0.15, -0.1) is 0 Å². The lowest BCUT2D eigenvalue weighted by Crippen LogP contribution is -2.21. The van der Waals surface area contributed by atoms with Crippen LogP contribution in [0.3, 0.4) is 0 Å². The predicted molar refractivity (Wildman–Crippen MR) is 73.7 cm³/mol. The highest BCUT2D eigenvalue weighted by Crippen LogP contribution is 2.27. The third-order valence-electron chi connectivity index (χ3n) is 2.66. The average molecular weight is 254 g/mol. The molecule has 1 aromatic carbocycles. The minimum atomic E-state index is -0.0451. The SMILES string of the molecule is C=CC(C)Oc1ccc(CC(N)CC)cc1Cl. The fourth-order valence-corrected chi connectivity index (χ4v) is 1.71. The van der Waals surface area contributed by atoms with Gasteiger partial charge >= 0.3 is 0 Å². The van der Waals surface area contributed by atoms with Gasteiger partial charge in [0.25, 0.3) is 0 Å². The molecular weight excluding hydrogens is 234 g/mol. The molecular formula is C14H20ClNO. The number of nitrogens with two attached hydrogens (primary N) is 1. The van der Waals surface area contributed by atoms with Crippen molar-refractivity contribution in [2.24, 2.45) is 5.73 Å². The lowest BCUT2D eigenvalue weighted by molar-refractivity contribution is 0.270. The molecule has 0 aromatic heterocycles. The molecule has 0 heterocycles. The van der Waals surface area contributed by atoms with E-state index in [4.69, 9.17) is 22.1 Å². The van der Waals surface area contributed by atoms with Gasteiger partial charge in [0.15, 0.2) is 0 Å². The number of ether oxygens (including phenoxy) is 1. The van der Waals surface area contributed by atoms with Gasteiger partial charge in [0, 0.05) is 6.04 Å². The topological polar surface area (TPSA) is 35.2 Å². The Morgan fingerprint density at radius 1 is 1.53 bits per heavy atom.